The number of hydrogen-bond acceptors (Lipinski definition) is 1. The Morgan fingerprint density at radius 1 is 1.21 bits per heavy atom. The first-order valence-electron chi connectivity index (χ1n) is 3.85. The summed E-state index contributed by atoms with van der Waals surface area (Å²) in [5.74, 6) is -4.68. The third-order valence-corrected chi connectivity index (χ3v) is 1.49. The van der Waals surface area contributed by atoms with Gasteiger partial charge in [0.1, 0.15) is 6.67 Å². The smallest absolute Gasteiger partial charge is 0.335 e. The van der Waals surface area contributed by atoms with Crippen LogP contribution in [0.4, 0.5) is 26.3 Å². The molecular weight excluding hydrogens is 214 g/mol. The summed E-state index contributed by atoms with van der Waals surface area (Å²) < 4.78 is 77.0. The third kappa shape index (κ3) is 3.04. The van der Waals surface area contributed by atoms with E-state index in [1.54, 1.807) is 0 Å². The van der Waals surface area contributed by atoms with Gasteiger partial charge in [0.25, 0.3) is 0 Å². The fourth-order valence-electron chi connectivity index (χ4n) is 0.841. The molecule has 0 aliphatic heterocycles. The topological polar surface area (TPSA) is 9.23 Å². The molecule has 0 aromatic carbocycles. The fourth-order valence-corrected chi connectivity index (χ4v) is 0.841. The van der Waals surface area contributed by atoms with Crippen LogP contribution in [0, 0.1) is 0 Å². The molecule has 0 rings (SSSR count). The van der Waals surface area contributed by atoms with Crippen molar-refractivity contribution in [2.24, 2.45) is 0 Å². The Hall–Kier alpha value is -0.460. The lowest BCUT2D eigenvalue weighted by molar-refractivity contribution is -0.223. The number of hydrogen-bond donors (Lipinski definition) is 0. The highest BCUT2D eigenvalue weighted by atomic mass is 19.3. The minimum atomic E-state index is -4.68. The van der Waals surface area contributed by atoms with Gasteiger partial charge in [-0.3, -0.25) is 0 Å². The van der Waals surface area contributed by atoms with Gasteiger partial charge in [-0.15, -0.1) is 0 Å². The van der Waals surface area contributed by atoms with Gasteiger partial charge in [0.15, 0.2) is 12.3 Å². The summed E-state index contributed by atoms with van der Waals surface area (Å²) >= 11 is 0. The molecular formula is C7H10F6O. The summed E-state index contributed by atoms with van der Waals surface area (Å²) in [7, 11) is 0. The maximum absolute atomic E-state index is 12.6. The first-order chi connectivity index (χ1) is 6.37. The number of ether oxygens (including phenoxy) is 1. The van der Waals surface area contributed by atoms with E-state index in [-0.39, 0.29) is 0 Å². The van der Waals surface area contributed by atoms with Crippen molar-refractivity contribution in [2.45, 2.75) is 31.5 Å². The minimum absolute atomic E-state index is 0.395. The second-order valence-electron chi connectivity index (χ2n) is 2.52. The molecule has 0 saturated carbocycles. The Morgan fingerprint density at radius 3 is 2.00 bits per heavy atom. The molecule has 2 unspecified atom stereocenters. The second kappa shape index (κ2) is 5.43. The molecule has 0 aliphatic rings. The molecule has 7 heteroatoms. The van der Waals surface area contributed by atoms with Gasteiger partial charge in [-0.1, -0.05) is 0 Å². The Bertz CT molecular complexity index is 162. The molecule has 0 fully saturated rings. The highest BCUT2D eigenvalue weighted by Crippen LogP contribution is 2.32. The fraction of sp³-hybridized carbons (Fsp3) is 1.00. The van der Waals surface area contributed by atoms with Crippen LogP contribution in [0.5, 0.6) is 0 Å². The third-order valence-electron chi connectivity index (χ3n) is 1.49. The predicted molar refractivity (Wildman–Crippen MR) is 37.2 cm³/mol. The Morgan fingerprint density at radius 2 is 1.71 bits per heavy atom. The van der Waals surface area contributed by atoms with Gasteiger partial charge >= 0.3 is 12.3 Å². The van der Waals surface area contributed by atoms with Crippen LogP contribution in [-0.4, -0.2) is 37.9 Å². The molecule has 2 atom stereocenters. The van der Waals surface area contributed by atoms with Gasteiger partial charge in [0.05, 0.1) is 0 Å². The molecule has 0 amide bonds. The molecule has 0 bridgehead atoms. The standard InChI is InChI=1S/C7H10F6O/c1-2-14-5(4(9)3-8)7(12,13)6(10)11/h4-6H,2-3H2,1H3. The molecule has 0 aromatic rings. The largest absolute Gasteiger partial charge is 0.369 e. The van der Waals surface area contributed by atoms with Crippen LogP contribution in [0.15, 0.2) is 0 Å². The summed E-state index contributed by atoms with van der Waals surface area (Å²) in [5, 5.41) is 0. The molecule has 0 N–H and O–H groups in total. The summed E-state index contributed by atoms with van der Waals surface area (Å²) in [5.41, 5.74) is 0. The van der Waals surface area contributed by atoms with Crippen molar-refractivity contribution < 1.29 is 31.1 Å². The molecule has 0 aliphatic carbocycles. The van der Waals surface area contributed by atoms with Crippen LogP contribution < -0.4 is 0 Å². The van der Waals surface area contributed by atoms with E-state index in [2.05, 4.69) is 4.74 Å². The summed E-state index contributed by atoms with van der Waals surface area (Å²) in [6.07, 6.45) is -9.57. The quantitative estimate of drug-likeness (QED) is 0.630. The van der Waals surface area contributed by atoms with E-state index in [9.17, 15) is 26.3 Å². The monoisotopic (exact) mass is 224 g/mol. The lowest BCUT2D eigenvalue weighted by Crippen LogP contribution is -2.48. The molecule has 86 valence electrons. The maximum Gasteiger partial charge on any atom is 0.335 e. The zero-order valence-electron chi connectivity index (χ0n) is 7.32. The van der Waals surface area contributed by atoms with E-state index in [1.807, 2.05) is 0 Å². The first-order valence-corrected chi connectivity index (χ1v) is 3.85. The highest BCUT2D eigenvalue weighted by molar-refractivity contribution is 4.86. The zero-order valence-corrected chi connectivity index (χ0v) is 7.32. The van der Waals surface area contributed by atoms with Crippen LogP contribution in [-0.2, 0) is 4.74 Å². The van der Waals surface area contributed by atoms with Crippen molar-refractivity contribution in [3.8, 4) is 0 Å². The van der Waals surface area contributed by atoms with Crippen LogP contribution >= 0.6 is 0 Å². The Kier molecular flexibility index (Phi) is 5.25. The zero-order chi connectivity index (χ0) is 11.4. The normalized spacial score (nSPS) is 17.1. The average molecular weight is 224 g/mol. The van der Waals surface area contributed by atoms with Crippen molar-refractivity contribution >= 4 is 0 Å². The van der Waals surface area contributed by atoms with Crippen molar-refractivity contribution in [3.63, 3.8) is 0 Å². The molecule has 14 heavy (non-hydrogen) atoms. The van der Waals surface area contributed by atoms with Gasteiger partial charge in [0, 0.05) is 6.61 Å². The Balaban J connectivity index is 4.62. The van der Waals surface area contributed by atoms with Crippen molar-refractivity contribution in [1.29, 1.82) is 0 Å². The summed E-state index contributed by atoms with van der Waals surface area (Å²) in [4.78, 5) is 0. The van der Waals surface area contributed by atoms with E-state index < -0.39 is 37.9 Å². The highest BCUT2D eigenvalue weighted by Gasteiger charge is 2.53. The van der Waals surface area contributed by atoms with Gasteiger partial charge < -0.3 is 4.74 Å². The van der Waals surface area contributed by atoms with E-state index in [0.29, 0.717) is 0 Å². The maximum atomic E-state index is 12.6. The average Bonchev–Trinajstić information content (AvgIpc) is 2.12. The van der Waals surface area contributed by atoms with Crippen LogP contribution in [0.1, 0.15) is 6.92 Å². The van der Waals surface area contributed by atoms with Crippen LogP contribution in [0.25, 0.3) is 0 Å². The summed E-state index contributed by atoms with van der Waals surface area (Å²) in [6, 6.07) is 0. The van der Waals surface area contributed by atoms with Gasteiger partial charge in [-0.05, 0) is 6.92 Å². The molecule has 0 aromatic heterocycles. The second-order valence-corrected chi connectivity index (χ2v) is 2.52. The molecule has 0 radical (unpaired) electrons. The Labute approximate surface area is 77.0 Å². The van der Waals surface area contributed by atoms with Crippen LogP contribution in [0.2, 0.25) is 0 Å². The number of alkyl halides is 6. The minimum Gasteiger partial charge on any atom is -0.369 e. The molecule has 0 saturated heterocycles. The lowest BCUT2D eigenvalue weighted by Gasteiger charge is -2.27. The van der Waals surface area contributed by atoms with Crippen molar-refractivity contribution in [2.75, 3.05) is 13.3 Å². The van der Waals surface area contributed by atoms with Gasteiger partial charge in [-0.2, -0.15) is 8.78 Å². The SMILES string of the molecule is CCOC(C(F)CF)C(F)(F)C(F)F. The van der Waals surface area contributed by atoms with E-state index in [4.69, 9.17) is 0 Å². The molecule has 0 heterocycles. The molecule has 0 spiro atoms. The van der Waals surface area contributed by atoms with Gasteiger partial charge in [0.2, 0.25) is 0 Å². The predicted octanol–water partition coefficient (Wildman–Crippen LogP) is 2.60. The van der Waals surface area contributed by atoms with E-state index in [1.165, 1.54) is 6.92 Å². The van der Waals surface area contributed by atoms with Crippen molar-refractivity contribution in [3.05, 3.63) is 0 Å². The van der Waals surface area contributed by atoms with Crippen LogP contribution in [0.3, 0.4) is 0 Å². The van der Waals surface area contributed by atoms with Crippen molar-refractivity contribution in [1.82, 2.24) is 0 Å². The van der Waals surface area contributed by atoms with Gasteiger partial charge in [-0.25, -0.2) is 17.6 Å². The summed E-state index contributed by atoms with van der Waals surface area (Å²) in [6.45, 7) is -0.958. The lowest BCUT2D eigenvalue weighted by atomic mass is 10.1. The van der Waals surface area contributed by atoms with E-state index >= 15 is 0 Å². The number of halogens is 6. The van der Waals surface area contributed by atoms with E-state index in [0.717, 1.165) is 0 Å². The number of rotatable bonds is 6. The molecule has 1 nitrogen and oxygen atoms in total. The first kappa shape index (κ1) is 13.5.